The van der Waals surface area contributed by atoms with Gasteiger partial charge >= 0.3 is 0 Å². The van der Waals surface area contributed by atoms with Gasteiger partial charge in [0.25, 0.3) is 15.9 Å². The first-order valence-electron chi connectivity index (χ1n) is 7.01. The van der Waals surface area contributed by atoms with Crippen LogP contribution in [0.15, 0.2) is 47.4 Å². The van der Waals surface area contributed by atoms with Crippen LogP contribution in [0.1, 0.15) is 11.1 Å². The summed E-state index contributed by atoms with van der Waals surface area (Å²) >= 11 is 5.89. The van der Waals surface area contributed by atoms with E-state index in [1.54, 1.807) is 25.1 Å². The highest BCUT2D eigenvalue weighted by atomic mass is 35.5. The Morgan fingerprint density at radius 3 is 2.52 bits per heavy atom. The van der Waals surface area contributed by atoms with E-state index in [1.165, 1.54) is 24.3 Å². The van der Waals surface area contributed by atoms with Crippen LogP contribution in [0.2, 0.25) is 5.02 Å². The van der Waals surface area contributed by atoms with Crippen LogP contribution >= 0.6 is 11.6 Å². The number of rotatable bonds is 6. The Balaban J connectivity index is 1.89. The summed E-state index contributed by atoms with van der Waals surface area (Å²) in [5, 5.41) is 9.28. The largest absolute Gasteiger partial charge is 0.484 e. The first-order valence-corrected chi connectivity index (χ1v) is 8.88. The molecule has 9 heteroatoms. The molecule has 0 aromatic heterocycles. The highest BCUT2D eigenvalue weighted by Gasteiger charge is 2.15. The molecule has 2 N–H and O–H groups in total. The van der Waals surface area contributed by atoms with Gasteiger partial charge in [-0.25, -0.2) is 8.42 Å². The minimum absolute atomic E-state index is 0.0824. The van der Waals surface area contributed by atoms with E-state index in [4.69, 9.17) is 21.6 Å². The second-order valence-corrected chi connectivity index (χ2v) is 7.08. The van der Waals surface area contributed by atoms with Crippen LogP contribution in [0.5, 0.6) is 5.75 Å². The normalized spacial score (nSPS) is 10.8. The summed E-state index contributed by atoms with van der Waals surface area (Å²) in [7, 11) is -3.94. The summed E-state index contributed by atoms with van der Waals surface area (Å²) in [6.07, 6.45) is 0. The molecule has 0 saturated heterocycles. The highest BCUT2D eigenvalue weighted by Crippen LogP contribution is 2.20. The summed E-state index contributed by atoms with van der Waals surface area (Å²) < 4.78 is 29.3. The third kappa shape index (κ3) is 5.19. The lowest BCUT2D eigenvalue weighted by Gasteiger charge is -2.10. The smallest absolute Gasteiger partial charge is 0.272 e. The molecule has 0 atom stereocenters. The molecule has 0 fully saturated rings. The van der Waals surface area contributed by atoms with Gasteiger partial charge in [0.15, 0.2) is 6.61 Å². The van der Waals surface area contributed by atoms with E-state index >= 15 is 0 Å². The molecule has 0 bridgehead atoms. The zero-order valence-corrected chi connectivity index (χ0v) is 14.7. The number of nitriles is 1. The maximum atomic E-state index is 12.0. The van der Waals surface area contributed by atoms with Crippen molar-refractivity contribution in [2.45, 2.75) is 11.8 Å². The average Bonchev–Trinajstić information content (AvgIpc) is 2.61. The lowest BCUT2D eigenvalue weighted by molar-refractivity contribution is -0.123. The average molecular weight is 380 g/mol. The van der Waals surface area contributed by atoms with Crippen LogP contribution in [0.25, 0.3) is 0 Å². The Hall–Kier alpha value is -2.60. The number of benzene rings is 2. The molecule has 130 valence electrons. The molecule has 2 rings (SSSR count). The molecule has 0 unspecified atom stereocenters. The van der Waals surface area contributed by atoms with Gasteiger partial charge in [-0.15, -0.1) is 4.83 Å². The number of hydrogen-bond donors (Lipinski definition) is 2. The molecule has 25 heavy (non-hydrogen) atoms. The Morgan fingerprint density at radius 1 is 1.24 bits per heavy atom. The van der Waals surface area contributed by atoms with Crippen LogP contribution in [0, 0.1) is 18.3 Å². The molecule has 2 aromatic carbocycles. The van der Waals surface area contributed by atoms with Crippen LogP contribution in [-0.4, -0.2) is 20.9 Å². The number of nitrogens with zero attached hydrogens (tertiary/aromatic N) is 1. The van der Waals surface area contributed by atoms with Crippen molar-refractivity contribution in [1.82, 2.24) is 10.3 Å². The van der Waals surface area contributed by atoms with Gasteiger partial charge in [-0.05, 0) is 55.0 Å². The second kappa shape index (κ2) is 7.98. The number of nitrogens with one attached hydrogen (secondary N) is 2. The van der Waals surface area contributed by atoms with Gasteiger partial charge in [0.2, 0.25) is 0 Å². The fraction of sp³-hybridized carbons (Fsp3) is 0.125. The number of ether oxygens (including phenoxy) is 1. The van der Waals surface area contributed by atoms with Crippen LogP contribution in [0.4, 0.5) is 0 Å². The van der Waals surface area contributed by atoms with Crippen molar-refractivity contribution in [3.8, 4) is 11.8 Å². The number of carbonyl (C=O) groups is 1. The first-order chi connectivity index (χ1) is 11.8. The quantitative estimate of drug-likeness (QED) is 0.745. The predicted molar refractivity (Wildman–Crippen MR) is 91.3 cm³/mol. The van der Waals surface area contributed by atoms with Crippen molar-refractivity contribution in [1.29, 1.82) is 5.26 Å². The van der Waals surface area contributed by atoms with Crippen molar-refractivity contribution < 1.29 is 17.9 Å². The van der Waals surface area contributed by atoms with E-state index < -0.39 is 15.9 Å². The SMILES string of the molecule is Cc1cc(OCC(=O)NNS(=O)(=O)c2ccc(C#N)cc2)ccc1Cl. The van der Waals surface area contributed by atoms with Gasteiger partial charge in [-0.1, -0.05) is 11.6 Å². The number of halogens is 1. The molecule has 0 radical (unpaired) electrons. The predicted octanol–water partition coefficient (Wildman–Crippen LogP) is 1.91. The summed E-state index contributed by atoms with van der Waals surface area (Å²) in [5.41, 5.74) is 3.17. The van der Waals surface area contributed by atoms with Gasteiger partial charge in [0.05, 0.1) is 16.5 Å². The van der Waals surface area contributed by atoms with E-state index in [2.05, 4.69) is 5.43 Å². The Morgan fingerprint density at radius 2 is 1.92 bits per heavy atom. The molecular weight excluding hydrogens is 366 g/mol. The fourth-order valence-corrected chi connectivity index (χ4v) is 2.76. The molecule has 0 heterocycles. The van der Waals surface area contributed by atoms with E-state index in [0.717, 1.165) is 5.56 Å². The number of sulfonamides is 1. The number of carbonyl (C=O) groups excluding carboxylic acids is 1. The Labute approximate surface area is 150 Å². The third-order valence-electron chi connectivity index (χ3n) is 3.12. The molecule has 0 aliphatic carbocycles. The number of hydrazine groups is 1. The van der Waals surface area contributed by atoms with E-state index in [0.29, 0.717) is 16.3 Å². The van der Waals surface area contributed by atoms with Crippen molar-refractivity contribution in [3.05, 3.63) is 58.6 Å². The van der Waals surface area contributed by atoms with Crippen LogP contribution < -0.4 is 15.0 Å². The minimum Gasteiger partial charge on any atom is -0.484 e. The molecule has 0 saturated carbocycles. The van der Waals surface area contributed by atoms with Gasteiger partial charge in [0.1, 0.15) is 5.75 Å². The van der Waals surface area contributed by atoms with Gasteiger partial charge < -0.3 is 4.74 Å². The van der Waals surface area contributed by atoms with Crippen molar-refractivity contribution in [3.63, 3.8) is 0 Å². The molecule has 0 aliphatic rings. The maximum Gasteiger partial charge on any atom is 0.272 e. The monoisotopic (exact) mass is 379 g/mol. The standard InChI is InChI=1S/C16H14ClN3O4S/c1-11-8-13(4-7-15(11)17)24-10-16(21)19-20-25(22,23)14-5-2-12(9-18)3-6-14/h2-8,20H,10H2,1H3,(H,19,21). The zero-order valence-electron chi connectivity index (χ0n) is 13.1. The number of amides is 1. The Kier molecular flexibility index (Phi) is 5.98. The first kappa shape index (κ1) is 18.7. The molecule has 2 aromatic rings. The number of hydrogen-bond acceptors (Lipinski definition) is 5. The van der Waals surface area contributed by atoms with Gasteiger partial charge in [-0.3, -0.25) is 10.2 Å². The van der Waals surface area contributed by atoms with Crippen molar-refractivity contribution >= 4 is 27.5 Å². The maximum absolute atomic E-state index is 12.0. The molecule has 0 spiro atoms. The molecular formula is C16H14ClN3O4S. The second-order valence-electron chi connectivity index (χ2n) is 4.99. The van der Waals surface area contributed by atoms with Crippen LogP contribution in [0.3, 0.4) is 0 Å². The Bertz CT molecular complexity index is 921. The van der Waals surface area contributed by atoms with Gasteiger partial charge in [0, 0.05) is 5.02 Å². The molecule has 7 nitrogen and oxygen atoms in total. The highest BCUT2D eigenvalue weighted by molar-refractivity contribution is 7.89. The lowest BCUT2D eigenvalue weighted by atomic mass is 10.2. The van der Waals surface area contributed by atoms with Crippen molar-refractivity contribution in [2.24, 2.45) is 0 Å². The van der Waals surface area contributed by atoms with E-state index in [-0.39, 0.29) is 11.5 Å². The summed E-state index contributed by atoms with van der Waals surface area (Å²) in [5.74, 6) is -0.239. The summed E-state index contributed by atoms with van der Waals surface area (Å²) in [4.78, 5) is 13.6. The summed E-state index contributed by atoms with van der Waals surface area (Å²) in [6.45, 7) is 1.41. The minimum atomic E-state index is -3.94. The van der Waals surface area contributed by atoms with Crippen LogP contribution in [-0.2, 0) is 14.8 Å². The zero-order chi connectivity index (χ0) is 18.4. The van der Waals surface area contributed by atoms with E-state index in [1.807, 2.05) is 10.9 Å². The van der Waals surface area contributed by atoms with Gasteiger partial charge in [-0.2, -0.15) is 5.26 Å². The van der Waals surface area contributed by atoms with Crippen molar-refractivity contribution in [2.75, 3.05) is 6.61 Å². The van der Waals surface area contributed by atoms with E-state index in [9.17, 15) is 13.2 Å². The fourth-order valence-electron chi connectivity index (χ4n) is 1.78. The molecule has 1 amide bonds. The topological polar surface area (TPSA) is 108 Å². The molecule has 0 aliphatic heterocycles. The third-order valence-corrected chi connectivity index (χ3v) is 4.81. The summed E-state index contributed by atoms with van der Waals surface area (Å²) in [6, 6.07) is 12.0. The lowest BCUT2D eigenvalue weighted by Crippen LogP contribution is -2.43. The number of aryl methyl sites for hydroxylation is 1.